The van der Waals surface area contributed by atoms with Crippen molar-refractivity contribution in [2.45, 2.75) is 17.6 Å². The highest BCUT2D eigenvalue weighted by molar-refractivity contribution is 7.89. The maximum absolute atomic E-state index is 11.9. The van der Waals surface area contributed by atoms with Crippen LogP contribution in [0.2, 0.25) is 0 Å². The Morgan fingerprint density at radius 2 is 1.72 bits per heavy atom. The van der Waals surface area contributed by atoms with Gasteiger partial charge in [0.15, 0.2) is 0 Å². The third kappa shape index (κ3) is 4.63. The summed E-state index contributed by atoms with van der Waals surface area (Å²) in [7, 11) is -2.38. The summed E-state index contributed by atoms with van der Waals surface area (Å²) in [5, 5.41) is 2.87. The second-order valence-electron chi connectivity index (χ2n) is 3.61. The number of sulfonamides is 1. The third-order valence-electron chi connectivity index (χ3n) is 2.08. The predicted molar refractivity (Wildman–Crippen MR) is 60.4 cm³/mol. The van der Waals surface area contributed by atoms with Gasteiger partial charge in [-0.05, 0) is 24.7 Å². The summed E-state index contributed by atoms with van der Waals surface area (Å²) in [5.41, 5.74) is 0.840. The standard InChI is InChI=1S/C10H13F3N2O2S/c1-14-6-8-2-4-9(5-3-8)18(16,17)15-7-10(11,12)13/h2-5,14-15H,6-7H2,1H3. The van der Waals surface area contributed by atoms with Crippen molar-refractivity contribution in [2.75, 3.05) is 13.6 Å². The van der Waals surface area contributed by atoms with E-state index in [1.54, 1.807) is 19.2 Å². The molecular formula is C10H13F3N2O2S. The number of halogens is 3. The van der Waals surface area contributed by atoms with Crippen molar-refractivity contribution in [3.05, 3.63) is 29.8 Å². The fourth-order valence-electron chi connectivity index (χ4n) is 1.25. The van der Waals surface area contributed by atoms with Crippen molar-refractivity contribution in [2.24, 2.45) is 0 Å². The summed E-state index contributed by atoms with van der Waals surface area (Å²) in [6.07, 6.45) is -4.57. The molecule has 1 aromatic rings. The molecule has 0 aliphatic rings. The normalized spacial score (nSPS) is 12.7. The van der Waals surface area contributed by atoms with Crippen LogP contribution in [0.25, 0.3) is 0 Å². The Labute approximate surface area is 103 Å². The Hall–Kier alpha value is -1.12. The van der Waals surface area contributed by atoms with E-state index in [0.717, 1.165) is 5.56 Å². The topological polar surface area (TPSA) is 58.2 Å². The third-order valence-corrected chi connectivity index (χ3v) is 3.49. The molecule has 1 aromatic carbocycles. The number of hydrogen-bond acceptors (Lipinski definition) is 3. The first-order valence-corrected chi connectivity index (χ1v) is 6.53. The van der Waals surface area contributed by atoms with Crippen molar-refractivity contribution in [1.29, 1.82) is 0 Å². The molecule has 0 amide bonds. The molecule has 0 spiro atoms. The molecule has 0 bridgehead atoms. The van der Waals surface area contributed by atoms with Gasteiger partial charge in [-0.25, -0.2) is 13.1 Å². The Morgan fingerprint density at radius 1 is 1.17 bits per heavy atom. The first-order valence-electron chi connectivity index (χ1n) is 5.04. The summed E-state index contributed by atoms with van der Waals surface area (Å²) in [4.78, 5) is -0.188. The second kappa shape index (κ2) is 5.68. The summed E-state index contributed by atoms with van der Waals surface area (Å²) in [6.45, 7) is -1.02. The maximum Gasteiger partial charge on any atom is 0.402 e. The Bertz CT molecular complexity index is 483. The first-order chi connectivity index (χ1) is 8.24. The van der Waals surface area contributed by atoms with Crippen molar-refractivity contribution in [1.82, 2.24) is 10.0 Å². The van der Waals surface area contributed by atoms with Gasteiger partial charge in [0, 0.05) is 6.54 Å². The number of benzene rings is 1. The summed E-state index contributed by atoms with van der Waals surface area (Å²) in [5.74, 6) is 0. The SMILES string of the molecule is CNCc1ccc(S(=O)(=O)NCC(F)(F)F)cc1. The minimum Gasteiger partial charge on any atom is -0.316 e. The lowest BCUT2D eigenvalue weighted by atomic mass is 10.2. The minimum absolute atomic E-state index is 0.188. The molecule has 0 atom stereocenters. The Kier molecular flexibility index (Phi) is 4.71. The van der Waals surface area contributed by atoms with Crippen LogP contribution in [0.1, 0.15) is 5.56 Å². The van der Waals surface area contributed by atoms with Crippen LogP contribution < -0.4 is 10.0 Å². The highest BCUT2D eigenvalue weighted by atomic mass is 32.2. The van der Waals surface area contributed by atoms with E-state index >= 15 is 0 Å². The smallest absolute Gasteiger partial charge is 0.316 e. The van der Waals surface area contributed by atoms with Crippen LogP contribution >= 0.6 is 0 Å². The molecule has 8 heteroatoms. The van der Waals surface area contributed by atoms with Gasteiger partial charge in [-0.3, -0.25) is 0 Å². The molecule has 0 aliphatic heterocycles. The van der Waals surface area contributed by atoms with Crippen molar-refractivity contribution in [3.8, 4) is 0 Å². The molecule has 0 saturated heterocycles. The van der Waals surface area contributed by atoms with E-state index in [0.29, 0.717) is 6.54 Å². The largest absolute Gasteiger partial charge is 0.402 e. The Morgan fingerprint density at radius 3 is 2.17 bits per heavy atom. The zero-order valence-corrected chi connectivity index (χ0v) is 10.4. The van der Waals surface area contributed by atoms with Crippen LogP contribution in [0.4, 0.5) is 13.2 Å². The van der Waals surface area contributed by atoms with Crippen LogP contribution in [-0.2, 0) is 16.6 Å². The average Bonchev–Trinajstić information content (AvgIpc) is 2.27. The van der Waals surface area contributed by atoms with Gasteiger partial charge in [-0.15, -0.1) is 0 Å². The van der Waals surface area contributed by atoms with Gasteiger partial charge in [0.1, 0.15) is 6.54 Å². The van der Waals surface area contributed by atoms with E-state index in [9.17, 15) is 21.6 Å². The van der Waals surface area contributed by atoms with E-state index in [2.05, 4.69) is 5.32 Å². The maximum atomic E-state index is 11.9. The fraction of sp³-hybridized carbons (Fsp3) is 0.400. The number of rotatable bonds is 5. The predicted octanol–water partition coefficient (Wildman–Crippen LogP) is 1.25. The van der Waals surface area contributed by atoms with Gasteiger partial charge in [0.05, 0.1) is 4.90 Å². The summed E-state index contributed by atoms with van der Waals surface area (Å²) in [6, 6.07) is 5.62. The summed E-state index contributed by atoms with van der Waals surface area (Å²) >= 11 is 0. The first kappa shape index (κ1) is 14.9. The van der Waals surface area contributed by atoms with Crippen molar-refractivity contribution < 1.29 is 21.6 Å². The van der Waals surface area contributed by atoms with E-state index in [-0.39, 0.29) is 4.90 Å². The van der Waals surface area contributed by atoms with Crippen LogP contribution in [0.15, 0.2) is 29.2 Å². The molecule has 0 fully saturated rings. The number of alkyl halides is 3. The zero-order chi connectivity index (χ0) is 13.8. The van der Waals surface area contributed by atoms with Gasteiger partial charge < -0.3 is 5.32 Å². The Balaban J connectivity index is 2.79. The molecule has 0 saturated carbocycles. The van der Waals surface area contributed by atoms with Gasteiger partial charge in [-0.2, -0.15) is 13.2 Å². The van der Waals surface area contributed by atoms with Gasteiger partial charge >= 0.3 is 6.18 Å². The lowest BCUT2D eigenvalue weighted by molar-refractivity contribution is -0.121. The second-order valence-corrected chi connectivity index (χ2v) is 5.38. The number of nitrogens with one attached hydrogen (secondary N) is 2. The van der Waals surface area contributed by atoms with Gasteiger partial charge in [0.2, 0.25) is 10.0 Å². The van der Waals surface area contributed by atoms with Crippen LogP contribution in [0.5, 0.6) is 0 Å². The molecule has 4 nitrogen and oxygen atoms in total. The molecule has 0 unspecified atom stereocenters. The van der Waals surface area contributed by atoms with Gasteiger partial charge in [-0.1, -0.05) is 12.1 Å². The highest BCUT2D eigenvalue weighted by Crippen LogP contribution is 2.15. The molecule has 18 heavy (non-hydrogen) atoms. The molecule has 1 rings (SSSR count). The minimum atomic E-state index is -4.57. The van der Waals surface area contributed by atoms with Crippen LogP contribution in [0, 0.1) is 0 Å². The molecule has 0 aromatic heterocycles. The highest BCUT2D eigenvalue weighted by Gasteiger charge is 2.29. The lowest BCUT2D eigenvalue weighted by Crippen LogP contribution is -2.33. The molecule has 2 N–H and O–H groups in total. The van der Waals surface area contributed by atoms with E-state index in [1.807, 2.05) is 0 Å². The van der Waals surface area contributed by atoms with Crippen LogP contribution in [0.3, 0.4) is 0 Å². The number of hydrogen-bond donors (Lipinski definition) is 2. The van der Waals surface area contributed by atoms with Crippen molar-refractivity contribution >= 4 is 10.0 Å². The molecule has 102 valence electrons. The van der Waals surface area contributed by atoms with Gasteiger partial charge in [0.25, 0.3) is 0 Å². The molecular weight excluding hydrogens is 269 g/mol. The van der Waals surface area contributed by atoms with E-state index in [4.69, 9.17) is 0 Å². The average molecular weight is 282 g/mol. The van der Waals surface area contributed by atoms with Crippen molar-refractivity contribution in [3.63, 3.8) is 0 Å². The molecule has 0 heterocycles. The zero-order valence-electron chi connectivity index (χ0n) is 9.58. The molecule has 0 aliphatic carbocycles. The fourth-order valence-corrected chi connectivity index (χ4v) is 2.27. The van der Waals surface area contributed by atoms with E-state index in [1.165, 1.54) is 16.9 Å². The monoisotopic (exact) mass is 282 g/mol. The van der Waals surface area contributed by atoms with Crippen LogP contribution in [-0.4, -0.2) is 28.2 Å². The van der Waals surface area contributed by atoms with E-state index < -0.39 is 22.7 Å². The summed E-state index contributed by atoms with van der Waals surface area (Å²) < 4.78 is 60.3. The lowest BCUT2D eigenvalue weighted by Gasteiger charge is -2.09. The quantitative estimate of drug-likeness (QED) is 0.854. The molecule has 0 radical (unpaired) electrons.